The van der Waals surface area contributed by atoms with Gasteiger partial charge in [-0.1, -0.05) is 0 Å². The number of likely N-dealkylation sites (N-methyl/N-ethyl adjacent to an activating group) is 2. The van der Waals surface area contributed by atoms with Crippen LogP contribution in [0.5, 0.6) is 5.75 Å². The van der Waals surface area contributed by atoms with Gasteiger partial charge < -0.3 is 15.0 Å². The fourth-order valence-corrected chi connectivity index (χ4v) is 4.22. The quantitative estimate of drug-likeness (QED) is 0.792. The van der Waals surface area contributed by atoms with Crippen LogP contribution in [0.15, 0.2) is 21.1 Å². The Balaban J connectivity index is 1.88. The number of halogens is 2. The van der Waals surface area contributed by atoms with E-state index in [9.17, 15) is 0 Å². The predicted molar refractivity (Wildman–Crippen MR) is 94.0 cm³/mol. The van der Waals surface area contributed by atoms with E-state index < -0.39 is 0 Å². The average Bonchev–Trinajstić information content (AvgIpc) is 2.42. The van der Waals surface area contributed by atoms with E-state index in [1.165, 1.54) is 5.56 Å². The van der Waals surface area contributed by atoms with Crippen LogP contribution >= 0.6 is 31.9 Å². The third kappa shape index (κ3) is 4.66. The molecule has 0 bridgehead atoms. The first-order chi connectivity index (χ1) is 10.0. The van der Waals surface area contributed by atoms with Crippen LogP contribution < -0.4 is 10.1 Å². The van der Waals surface area contributed by atoms with Crippen molar-refractivity contribution in [2.24, 2.45) is 0 Å². The zero-order valence-corrected chi connectivity index (χ0v) is 16.0. The Morgan fingerprint density at radius 3 is 2.52 bits per heavy atom. The molecule has 1 atom stereocenters. The zero-order valence-electron chi connectivity index (χ0n) is 12.8. The van der Waals surface area contributed by atoms with Gasteiger partial charge in [0.2, 0.25) is 0 Å². The largest absolute Gasteiger partial charge is 0.494 e. The van der Waals surface area contributed by atoms with Crippen molar-refractivity contribution in [3.63, 3.8) is 0 Å². The van der Waals surface area contributed by atoms with Gasteiger partial charge in [-0.15, -0.1) is 0 Å². The van der Waals surface area contributed by atoms with E-state index in [0.29, 0.717) is 6.04 Å². The second-order valence-electron chi connectivity index (χ2n) is 5.62. The predicted octanol–water partition coefficient (Wildman–Crippen LogP) is 2.56. The van der Waals surface area contributed by atoms with E-state index in [4.69, 9.17) is 4.74 Å². The minimum Gasteiger partial charge on any atom is -0.494 e. The third-order valence-electron chi connectivity index (χ3n) is 3.95. The van der Waals surface area contributed by atoms with E-state index in [1.807, 2.05) is 0 Å². The van der Waals surface area contributed by atoms with E-state index in [1.54, 1.807) is 7.11 Å². The number of hydrogen-bond donors (Lipinski definition) is 1. The Kier molecular flexibility index (Phi) is 6.50. The van der Waals surface area contributed by atoms with Crippen LogP contribution in [0.2, 0.25) is 0 Å². The van der Waals surface area contributed by atoms with Gasteiger partial charge in [-0.3, -0.25) is 4.90 Å². The molecule has 2 rings (SSSR count). The summed E-state index contributed by atoms with van der Waals surface area (Å²) in [5.74, 6) is 0.840. The van der Waals surface area contributed by atoms with Crippen LogP contribution in [-0.4, -0.2) is 63.2 Å². The van der Waals surface area contributed by atoms with Crippen molar-refractivity contribution < 1.29 is 4.74 Å². The first-order valence-corrected chi connectivity index (χ1v) is 8.71. The number of methoxy groups -OCH3 is 1. The summed E-state index contributed by atoms with van der Waals surface area (Å²) >= 11 is 7.09. The lowest BCUT2D eigenvalue weighted by atomic mass is 10.1. The van der Waals surface area contributed by atoms with E-state index in [0.717, 1.165) is 47.4 Å². The molecule has 1 fully saturated rings. The Morgan fingerprint density at radius 2 is 1.90 bits per heavy atom. The molecule has 0 saturated carbocycles. The Hall–Kier alpha value is -0.140. The van der Waals surface area contributed by atoms with Crippen molar-refractivity contribution in [3.8, 4) is 5.75 Å². The molecule has 1 aromatic rings. The summed E-state index contributed by atoms with van der Waals surface area (Å²) in [5, 5.41) is 3.56. The fourth-order valence-electron chi connectivity index (χ4n) is 2.61. The van der Waals surface area contributed by atoms with Crippen LogP contribution in [0.1, 0.15) is 5.56 Å². The van der Waals surface area contributed by atoms with Crippen molar-refractivity contribution in [1.82, 2.24) is 15.1 Å². The maximum atomic E-state index is 5.33. The summed E-state index contributed by atoms with van der Waals surface area (Å²) in [5.41, 5.74) is 1.24. The highest BCUT2D eigenvalue weighted by Crippen LogP contribution is 2.34. The van der Waals surface area contributed by atoms with Gasteiger partial charge in [-0.25, -0.2) is 0 Å². The molecule has 1 N–H and O–H groups in total. The molecular weight excluding hydrogens is 398 g/mol. The number of rotatable bonds is 5. The summed E-state index contributed by atoms with van der Waals surface area (Å²) in [7, 11) is 6.08. The second kappa shape index (κ2) is 7.92. The highest BCUT2D eigenvalue weighted by atomic mass is 79.9. The first-order valence-electron chi connectivity index (χ1n) is 7.12. The highest BCUT2D eigenvalue weighted by molar-refractivity contribution is 9.11. The van der Waals surface area contributed by atoms with Crippen molar-refractivity contribution in [2.45, 2.75) is 12.6 Å². The molecule has 0 spiro atoms. The van der Waals surface area contributed by atoms with Gasteiger partial charge in [-0.05, 0) is 63.7 Å². The molecule has 1 unspecified atom stereocenters. The molecule has 4 nitrogen and oxygen atoms in total. The van der Waals surface area contributed by atoms with Gasteiger partial charge in [0.15, 0.2) is 0 Å². The Morgan fingerprint density at radius 1 is 1.24 bits per heavy atom. The van der Waals surface area contributed by atoms with E-state index >= 15 is 0 Å². The molecule has 118 valence electrons. The molecule has 1 aliphatic heterocycles. The van der Waals surface area contributed by atoms with Crippen LogP contribution in [0.4, 0.5) is 0 Å². The number of nitrogens with zero attached hydrogens (tertiary/aromatic N) is 2. The molecule has 21 heavy (non-hydrogen) atoms. The van der Waals surface area contributed by atoms with Crippen molar-refractivity contribution in [2.75, 3.05) is 47.4 Å². The van der Waals surface area contributed by atoms with Crippen LogP contribution in [0.3, 0.4) is 0 Å². The summed E-state index contributed by atoms with van der Waals surface area (Å²) < 4.78 is 7.28. The number of hydrogen-bond acceptors (Lipinski definition) is 4. The normalized spacial score (nSPS) is 20.7. The third-order valence-corrected chi connectivity index (χ3v) is 5.13. The molecule has 1 aliphatic rings. The smallest absolute Gasteiger partial charge is 0.147 e. The summed E-state index contributed by atoms with van der Waals surface area (Å²) in [4.78, 5) is 4.83. The standard InChI is InChI=1S/C15H23Br2N3O/c1-19-4-5-20(2)12(10-19)9-18-8-11-6-13(16)15(21-3)14(17)7-11/h6-7,12,18H,4-5,8-10H2,1-3H3. The Labute approximate surface area is 144 Å². The monoisotopic (exact) mass is 419 g/mol. The summed E-state index contributed by atoms with van der Waals surface area (Å²) in [6.45, 7) is 5.28. The molecule has 1 heterocycles. The maximum Gasteiger partial charge on any atom is 0.147 e. The van der Waals surface area contributed by atoms with Gasteiger partial charge in [0, 0.05) is 38.8 Å². The molecule has 0 aromatic heterocycles. The fraction of sp³-hybridized carbons (Fsp3) is 0.600. The summed E-state index contributed by atoms with van der Waals surface area (Å²) in [6.07, 6.45) is 0. The van der Waals surface area contributed by atoms with Crippen molar-refractivity contribution in [1.29, 1.82) is 0 Å². The number of piperazine rings is 1. The van der Waals surface area contributed by atoms with Crippen molar-refractivity contribution in [3.05, 3.63) is 26.6 Å². The van der Waals surface area contributed by atoms with Crippen LogP contribution in [-0.2, 0) is 6.54 Å². The molecule has 0 amide bonds. The van der Waals surface area contributed by atoms with E-state index in [-0.39, 0.29) is 0 Å². The number of ether oxygens (including phenoxy) is 1. The second-order valence-corrected chi connectivity index (χ2v) is 7.33. The van der Waals surface area contributed by atoms with Gasteiger partial charge in [-0.2, -0.15) is 0 Å². The SMILES string of the molecule is COc1c(Br)cc(CNCC2CN(C)CCN2C)cc1Br. The number of nitrogens with one attached hydrogen (secondary N) is 1. The maximum absolute atomic E-state index is 5.33. The van der Waals surface area contributed by atoms with Gasteiger partial charge in [0.25, 0.3) is 0 Å². The minimum absolute atomic E-state index is 0.578. The zero-order chi connectivity index (χ0) is 15.4. The lowest BCUT2D eigenvalue weighted by Crippen LogP contribution is -2.53. The van der Waals surface area contributed by atoms with E-state index in [2.05, 4.69) is 73.2 Å². The van der Waals surface area contributed by atoms with Gasteiger partial charge in [0.1, 0.15) is 5.75 Å². The lowest BCUT2D eigenvalue weighted by molar-refractivity contribution is 0.113. The van der Waals surface area contributed by atoms with Crippen LogP contribution in [0, 0.1) is 0 Å². The number of benzene rings is 1. The average molecular weight is 421 g/mol. The topological polar surface area (TPSA) is 27.7 Å². The molecule has 0 aliphatic carbocycles. The lowest BCUT2D eigenvalue weighted by Gasteiger charge is -2.37. The van der Waals surface area contributed by atoms with Crippen LogP contribution in [0.25, 0.3) is 0 Å². The molecule has 1 saturated heterocycles. The van der Waals surface area contributed by atoms with Gasteiger partial charge >= 0.3 is 0 Å². The molecule has 0 radical (unpaired) electrons. The summed E-state index contributed by atoms with van der Waals surface area (Å²) in [6, 6.07) is 4.79. The molecule has 6 heteroatoms. The molecule has 1 aromatic carbocycles. The highest BCUT2D eigenvalue weighted by Gasteiger charge is 2.21. The minimum atomic E-state index is 0.578. The first kappa shape index (κ1) is 17.2. The van der Waals surface area contributed by atoms with Crippen molar-refractivity contribution >= 4 is 31.9 Å². The molecular formula is C15H23Br2N3O. The van der Waals surface area contributed by atoms with Gasteiger partial charge in [0.05, 0.1) is 16.1 Å². The Bertz CT molecular complexity index is 461.